The van der Waals surface area contributed by atoms with E-state index in [0.717, 1.165) is 12.8 Å². The third-order valence-corrected chi connectivity index (χ3v) is 3.34. The molecule has 0 aliphatic heterocycles. The van der Waals surface area contributed by atoms with E-state index in [1.165, 1.54) is 12.1 Å². The molecule has 0 spiro atoms. The first kappa shape index (κ1) is 14.2. The molecule has 0 saturated carbocycles. The smallest absolute Gasteiger partial charge is 0.256 e. The normalized spacial score (nSPS) is 12.3. The Morgan fingerprint density at radius 1 is 1.53 bits per heavy atom. The highest BCUT2D eigenvalue weighted by molar-refractivity contribution is 9.10. The summed E-state index contributed by atoms with van der Waals surface area (Å²) in [5.74, 6) is -0.754. The second kappa shape index (κ2) is 6.15. The summed E-state index contributed by atoms with van der Waals surface area (Å²) in [6, 6.07) is 4.62. The zero-order valence-electron chi connectivity index (χ0n) is 10.3. The highest BCUT2D eigenvalue weighted by Gasteiger charge is 2.19. The zero-order chi connectivity index (χ0) is 13.0. The third kappa shape index (κ3) is 3.53. The number of amides is 1. The van der Waals surface area contributed by atoms with Gasteiger partial charge >= 0.3 is 0 Å². The Morgan fingerprint density at radius 2 is 2.18 bits per heavy atom. The zero-order valence-corrected chi connectivity index (χ0v) is 11.9. The highest BCUT2D eigenvalue weighted by atomic mass is 79.9. The first-order valence-electron chi connectivity index (χ1n) is 5.69. The van der Waals surface area contributed by atoms with E-state index in [-0.39, 0.29) is 17.5 Å². The average Bonchev–Trinajstić information content (AvgIpc) is 2.27. The lowest BCUT2D eigenvalue weighted by molar-refractivity contribution is 0.0732. The molecule has 1 aromatic carbocycles. The van der Waals surface area contributed by atoms with Gasteiger partial charge in [-0.3, -0.25) is 4.79 Å². The summed E-state index contributed by atoms with van der Waals surface area (Å²) in [5, 5.41) is 0. The van der Waals surface area contributed by atoms with Crippen LogP contribution in [-0.2, 0) is 0 Å². The quantitative estimate of drug-likeness (QED) is 0.827. The van der Waals surface area contributed by atoms with Crippen LogP contribution in [0.15, 0.2) is 22.7 Å². The summed E-state index contributed by atoms with van der Waals surface area (Å²) in [6.07, 6.45) is 1.92. The molecule has 1 amide bonds. The van der Waals surface area contributed by atoms with Crippen LogP contribution in [0, 0.1) is 5.82 Å². The maximum atomic E-state index is 13.6. The lowest BCUT2D eigenvalue weighted by Crippen LogP contribution is -2.35. The van der Waals surface area contributed by atoms with Crippen molar-refractivity contribution >= 4 is 21.8 Å². The van der Waals surface area contributed by atoms with E-state index >= 15 is 0 Å². The highest BCUT2D eigenvalue weighted by Crippen LogP contribution is 2.18. The van der Waals surface area contributed by atoms with Gasteiger partial charge in [-0.1, -0.05) is 29.3 Å². The molecule has 0 heterocycles. The molecule has 0 saturated heterocycles. The van der Waals surface area contributed by atoms with Gasteiger partial charge in [0, 0.05) is 17.6 Å². The second-order valence-electron chi connectivity index (χ2n) is 4.18. The van der Waals surface area contributed by atoms with Crippen LogP contribution in [-0.4, -0.2) is 23.9 Å². The van der Waals surface area contributed by atoms with Crippen LogP contribution in [0.3, 0.4) is 0 Å². The van der Waals surface area contributed by atoms with Crippen molar-refractivity contribution in [2.75, 3.05) is 7.05 Å². The molecule has 2 nitrogen and oxygen atoms in total. The van der Waals surface area contributed by atoms with Gasteiger partial charge in [0.15, 0.2) is 0 Å². The molecule has 1 unspecified atom stereocenters. The average molecular weight is 302 g/mol. The summed E-state index contributed by atoms with van der Waals surface area (Å²) in [5.41, 5.74) is 0.124. The van der Waals surface area contributed by atoms with Gasteiger partial charge in [0.25, 0.3) is 5.91 Å². The molecule has 0 fully saturated rings. The third-order valence-electron chi connectivity index (χ3n) is 2.85. The van der Waals surface area contributed by atoms with E-state index in [1.54, 1.807) is 18.0 Å². The van der Waals surface area contributed by atoms with E-state index in [9.17, 15) is 9.18 Å². The minimum atomic E-state index is -0.486. The molecule has 1 aromatic rings. The van der Waals surface area contributed by atoms with Crippen LogP contribution in [0.5, 0.6) is 0 Å². The molecular formula is C13H17BrFNO. The summed E-state index contributed by atoms with van der Waals surface area (Å²) in [6.45, 7) is 4.03. The van der Waals surface area contributed by atoms with Crippen LogP contribution in [0.2, 0.25) is 0 Å². The van der Waals surface area contributed by atoms with Crippen LogP contribution in [0.4, 0.5) is 4.39 Å². The number of carbonyl (C=O) groups excluding carboxylic acids is 1. The minimum Gasteiger partial charge on any atom is -0.339 e. The molecule has 4 heteroatoms. The van der Waals surface area contributed by atoms with Gasteiger partial charge in [0.2, 0.25) is 0 Å². The predicted octanol–water partition coefficient (Wildman–Crippen LogP) is 3.85. The Hall–Kier alpha value is -0.900. The van der Waals surface area contributed by atoms with E-state index in [0.29, 0.717) is 4.47 Å². The summed E-state index contributed by atoms with van der Waals surface area (Å²) < 4.78 is 14.3. The van der Waals surface area contributed by atoms with Crippen molar-refractivity contribution in [3.05, 3.63) is 34.1 Å². The van der Waals surface area contributed by atoms with Gasteiger partial charge in [-0.05, 0) is 31.5 Å². The Kier molecular flexibility index (Phi) is 5.12. The lowest BCUT2D eigenvalue weighted by Gasteiger charge is -2.24. The molecule has 0 radical (unpaired) electrons. The first-order valence-corrected chi connectivity index (χ1v) is 6.48. The van der Waals surface area contributed by atoms with Gasteiger partial charge in [-0.15, -0.1) is 0 Å². The van der Waals surface area contributed by atoms with E-state index in [1.807, 2.05) is 6.92 Å². The van der Waals surface area contributed by atoms with Crippen molar-refractivity contribution in [3.8, 4) is 0 Å². The van der Waals surface area contributed by atoms with Crippen molar-refractivity contribution < 1.29 is 9.18 Å². The maximum Gasteiger partial charge on any atom is 0.256 e. The van der Waals surface area contributed by atoms with Crippen molar-refractivity contribution in [1.29, 1.82) is 0 Å². The van der Waals surface area contributed by atoms with Crippen LogP contribution in [0.25, 0.3) is 0 Å². The Balaban J connectivity index is 2.88. The summed E-state index contributed by atoms with van der Waals surface area (Å²) in [7, 11) is 1.71. The van der Waals surface area contributed by atoms with Crippen molar-refractivity contribution in [2.24, 2.45) is 0 Å². The predicted molar refractivity (Wildman–Crippen MR) is 70.6 cm³/mol. The SMILES string of the molecule is CCCC(C)N(C)C(=O)c1ccc(Br)cc1F. The molecular weight excluding hydrogens is 285 g/mol. The fraction of sp³-hybridized carbons (Fsp3) is 0.462. The number of nitrogens with zero attached hydrogens (tertiary/aromatic N) is 1. The van der Waals surface area contributed by atoms with E-state index in [2.05, 4.69) is 22.9 Å². The lowest BCUT2D eigenvalue weighted by atomic mass is 10.1. The number of hydrogen-bond donors (Lipinski definition) is 0. The first-order chi connectivity index (χ1) is 7.97. The summed E-state index contributed by atoms with van der Waals surface area (Å²) >= 11 is 3.17. The van der Waals surface area contributed by atoms with E-state index < -0.39 is 5.82 Å². The molecule has 1 atom stereocenters. The standard InChI is InChI=1S/C13H17BrFNO/c1-4-5-9(2)16(3)13(17)11-7-6-10(14)8-12(11)15/h6-9H,4-5H2,1-3H3. The largest absolute Gasteiger partial charge is 0.339 e. The van der Waals surface area contributed by atoms with Gasteiger partial charge in [0.05, 0.1) is 5.56 Å². The van der Waals surface area contributed by atoms with Crippen molar-refractivity contribution in [1.82, 2.24) is 4.90 Å². The van der Waals surface area contributed by atoms with E-state index in [4.69, 9.17) is 0 Å². The number of halogens is 2. The topological polar surface area (TPSA) is 20.3 Å². The Bertz CT molecular complexity index is 408. The molecule has 0 N–H and O–H groups in total. The molecule has 94 valence electrons. The maximum absolute atomic E-state index is 13.6. The molecule has 17 heavy (non-hydrogen) atoms. The molecule has 0 aliphatic rings. The number of benzene rings is 1. The molecule has 0 bridgehead atoms. The van der Waals surface area contributed by atoms with Gasteiger partial charge in [-0.25, -0.2) is 4.39 Å². The van der Waals surface area contributed by atoms with Gasteiger partial charge in [0.1, 0.15) is 5.82 Å². The monoisotopic (exact) mass is 301 g/mol. The summed E-state index contributed by atoms with van der Waals surface area (Å²) in [4.78, 5) is 13.7. The van der Waals surface area contributed by atoms with Crippen molar-refractivity contribution in [3.63, 3.8) is 0 Å². The van der Waals surface area contributed by atoms with Gasteiger partial charge in [-0.2, -0.15) is 0 Å². The number of rotatable bonds is 4. The fourth-order valence-corrected chi connectivity index (χ4v) is 2.00. The van der Waals surface area contributed by atoms with Crippen LogP contribution < -0.4 is 0 Å². The minimum absolute atomic E-state index is 0.121. The Labute approximate surface area is 110 Å². The molecule has 0 aliphatic carbocycles. The van der Waals surface area contributed by atoms with Gasteiger partial charge < -0.3 is 4.90 Å². The fourth-order valence-electron chi connectivity index (χ4n) is 1.66. The number of carbonyl (C=O) groups is 1. The van der Waals surface area contributed by atoms with Crippen LogP contribution >= 0.6 is 15.9 Å². The molecule has 1 rings (SSSR count). The Morgan fingerprint density at radius 3 is 2.71 bits per heavy atom. The van der Waals surface area contributed by atoms with Crippen LogP contribution in [0.1, 0.15) is 37.0 Å². The second-order valence-corrected chi connectivity index (χ2v) is 5.09. The molecule has 0 aromatic heterocycles. The number of hydrogen-bond acceptors (Lipinski definition) is 1. The van der Waals surface area contributed by atoms with Crippen molar-refractivity contribution in [2.45, 2.75) is 32.7 Å².